The van der Waals surface area contributed by atoms with Crippen LogP contribution in [0.1, 0.15) is 20.3 Å². The molecule has 0 aromatic carbocycles. The Labute approximate surface area is 138 Å². The second kappa shape index (κ2) is 8.58. The fourth-order valence-corrected chi connectivity index (χ4v) is 3.21. The van der Waals surface area contributed by atoms with Gasteiger partial charge in [0.25, 0.3) is 0 Å². The molecule has 1 unspecified atom stereocenters. The van der Waals surface area contributed by atoms with Crippen LogP contribution in [0.2, 0.25) is 0 Å². The zero-order valence-electron chi connectivity index (χ0n) is 12.5. The maximum absolute atomic E-state index is 10.6. The molecule has 0 spiro atoms. The lowest BCUT2D eigenvalue weighted by atomic mass is 10.0. The number of aliphatic hydroxyl groups excluding tert-OH is 4. The average Bonchev–Trinajstić information content (AvgIpc) is 2.49. The maximum Gasteiger partial charge on any atom is 0.466 e. The first-order chi connectivity index (χ1) is 10.6. The van der Waals surface area contributed by atoms with Crippen molar-refractivity contribution in [1.29, 1.82) is 0 Å². The molecule has 1 rings (SSSR count). The predicted molar refractivity (Wildman–Crippen MR) is 80.9 cm³/mol. The van der Waals surface area contributed by atoms with Crippen LogP contribution in [-0.2, 0) is 19.4 Å². The van der Waals surface area contributed by atoms with Crippen LogP contribution >= 0.6 is 11.8 Å². The minimum atomic E-state index is -4.78. The van der Waals surface area contributed by atoms with Gasteiger partial charge >= 0.3 is 10.4 Å². The van der Waals surface area contributed by atoms with E-state index in [9.17, 15) is 23.7 Å². The smallest absolute Gasteiger partial charge is 0.394 e. The van der Waals surface area contributed by atoms with E-state index in [2.05, 4.69) is 9.44 Å². The van der Waals surface area contributed by atoms with Crippen molar-refractivity contribution < 1.29 is 42.4 Å². The van der Waals surface area contributed by atoms with Crippen LogP contribution in [0, 0.1) is 5.92 Å². The normalized spacial score (nSPS) is 34.2. The molecule has 1 heterocycles. The molecule has 0 saturated carbocycles. The highest BCUT2D eigenvalue weighted by Gasteiger charge is 2.44. The minimum absolute atomic E-state index is 0.0921. The van der Waals surface area contributed by atoms with Crippen LogP contribution in [0.25, 0.3) is 0 Å². The molecule has 23 heavy (non-hydrogen) atoms. The Hall–Kier alpha value is -0.470. The molecular formula is C11H21NO9S2. The number of hydrogen-bond acceptors (Lipinski definition) is 10. The first-order valence-corrected chi connectivity index (χ1v) is 9.06. The van der Waals surface area contributed by atoms with Gasteiger partial charge in [-0.15, -0.1) is 0 Å². The Balaban J connectivity index is 2.93. The van der Waals surface area contributed by atoms with Crippen molar-refractivity contribution in [3.8, 4) is 0 Å². The monoisotopic (exact) mass is 375 g/mol. The number of rotatable bonds is 6. The van der Waals surface area contributed by atoms with Gasteiger partial charge < -0.3 is 25.2 Å². The van der Waals surface area contributed by atoms with Crippen LogP contribution in [0.3, 0.4) is 0 Å². The summed E-state index contributed by atoms with van der Waals surface area (Å²) in [5, 5.41) is 41.9. The van der Waals surface area contributed by atoms with Crippen LogP contribution in [-0.4, -0.2) is 74.9 Å². The SMILES string of the molecule is CCC(C)/C(=N/OS(=O)(=O)O)S[C@@H]1O[C@H](CO)[C@@H](O)[C@H](O)[C@H]1O. The summed E-state index contributed by atoms with van der Waals surface area (Å²) in [7, 11) is -4.78. The Morgan fingerprint density at radius 2 is 1.91 bits per heavy atom. The zero-order valence-corrected chi connectivity index (χ0v) is 14.1. The van der Waals surface area contributed by atoms with Gasteiger partial charge in [-0.3, -0.25) is 4.55 Å². The summed E-state index contributed by atoms with van der Waals surface area (Å²) < 4.78 is 39.1. The Bertz CT molecular complexity index is 510. The van der Waals surface area contributed by atoms with Gasteiger partial charge in [0, 0.05) is 5.92 Å². The van der Waals surface area contributed by atoms with Gasteiger partial charge in [0.15, 0.2) is 0 Å². The van der Waals surface area contributed by atoms with Gasteiger partial charge in [-0.25, -0.2) is 4.28 Å². The van der Waals surface area contributed by atoms with E-state index in [4.69, 9.17) is 14.4 Å². The maximum atomic E-state index is 10.6. The summed E-state index contributed by atoms with van der Waals surface area (Å²) in [6, 6.07) is 0. The molecule has 1 fully saturated rings. The van der Waals surface area contributed by atoms with E-state index in [0.717, 1.165) is 11.8 Å². The third-order valence-corrected chi connectivity index (χ3v) is 4.94. The highest BCUT2D eigenvalue weighted by Crippen LogP contribution is 2.31. The molecule has 12 heteroatoms. The second-order valence-electron chi connectivity index (χ2n) is 5.06. The molecule has 0 aromatic heterocycles. The third kappa shape index (κ3) is 5.83. The van der Waals surface area contributed by atoms with Gasteiger partial charge in [-0.05, 0) is 6.42 Å². The topological polar surface area (TPSA) is 166 Å². The molecular weight excluding hydrogens is 354 g/mol. The summed E-state index contributed by atoms with van der Waals surface area (Å²) in [6.07, 6.45) is -5.11. The number of hydrogen-bond donors (Lipinski definition) is 5. The molecule has 0 radical (unpaired) electrons. The summed E-state index contributed by atoms with van der Waals surface area (Å²) in [5.74, 6) is -0.297. The summed E-state index contributed by atoms with van der Waals surface area (Å²) >= 11 is 0.767. The lowest BCUT2D eigenvalue weighted by Gasteiger charge is -2.39. The van der Waals surface area contributed by atoms with E-state index < -0.39 is 46.9 Å². The number of nitrogens with zero attached hydrogens (tertiary/aromatic N) is 1. The van der Waals surface area contributed by atoms with E-state index in [0.29, 0.717) is 6.42 Å². The molecule has 5 N–H and O–H groups in total. The van der Waals surface area contributed by atoms with Gasteiger partial charge in [0.1, 0.15) is 34.9 Å². The molecule has 10 nitrogen and oxygen atoms in total. The molecule has 136 valence electrons. The van der Waals surface area contributed by atoms with Gasteiger partial charge in [0.2, 0.25) is 0 Å². The van der Waals surface area contributed by atoms with Crippen molar-refractivity contribution in [2.24, 2.45) is 11.1 Å². The number of thioether (sulfide) groups is 1. The van der Waals surface area contributed by atoms with Crippen molar-refractivity contribution >= 4 is 27.2 Å². The first kappa shape index (κ1) is 20.6. The van der Waals surface area contributed by atoms with E-state index in [1.54, 1.807) is 13.8 Å². The van der Waals surface area contributed by atoms with Crippen molar-refractivity contribution in [2.45, 2.75) is 50.1 Å². The molecule has 1 aliphatic rings. The largest absolute Gasteiger partial charge is 0.466 e. The van der Waals surface area contributed by atoms with Gasteiger partial charge in [-0.1, -0.05) is 30.8 Å². The van der Waals surface area contributed by atoms with Gasteiger partial charge in [0.05, 0.1) is 6.61 Å². The van der Waals surface area contributed by atoms with E-state index in [1.807, 2.05) is 0 Å². The first-order valence-electron chi connectivity index (χ1n) is 6.81. The highest BCUT2D eigenvalue weighted by molar-refractivity contribution is 8.14. The molecule has 0 aliphatic carbocycles. The molecule has 0 bridgehead atoms. The standard InChI is InChI=1S/C11H21NO9S2/c1-3-5(2)10(12-21-23(17,18)19)22-11-9(16)8(15)7(14)6(4-13)20-11/h5-9,11,13-16H,3-4H2,1-2H3,(H,17,18,19)/b12-10-/t5?,6-,7-,8+,9-,11+/m1/s1. The fourth-order valence-electron chi connectivity index (χ4n) is 1.77. The number of oxime groups is 1. The predicted octanol–water partition coefficient (Wildman–Crippen LogP) is -1.30. The van der Waals surface area contributed by atoms with Crippen molar-refractivity contribution in [2.75, 3.05) is 6.61 Å². The van der Waals surface area contributed by atoms with E-state index in [-0.39, 0.29) is 11.0 Å². The van der Waals surface area contributed by atoms with Crippen LogP contribution in [0.15, 0.2) is 5.16 Å². The average molecular weight is 375 g/mol. The molecule has 1 saturated heterocycles. The van der Waals surface area contributed by atoms with Gasteiger partial charge in [-0.2, -0.15) is 8.42 Å². The van der Waals surface area contributed by atoms with E-state index in [1.165, 1.54) is 0 Å². The molecule has 0 amide bonds. The summed E-state index contributed by atoms with van der Waals surface area (Å²) in [6.45, 7) is 2.91. The molecule has 6 atom stereocenters. The minimum Gasteiger partial charge on any atom is -0.394 e. The van der Waals surface area contributed by atoms with Crippen molar-refractivity contribution in [3.05, 3.63) is 0 Å². The van der Waals surface area contributed by atoms with Crippen LogP contribution in [0.4, 0.5) is 0 Å². The third-order valence-electron chi connectivity index (χ3n) is 3.34. The van der Waals surface area contributed by atoms with E-state index >= 15 is 0 Å². The quantitative estimate of drug-likeness (QED) is 0.163. The molecule has 0 aromatic rings. The highest BCUT2D eigenvalue weighted by atomic mass is 32.3. The lowest BCUT2D eigenvalue weighted by Crippen LogP contribution is -2.57. The van der Waals surface area contributed by atoms with Crippen molar-refractivity contribution in [1.82, 2.24) is 0 Å². The second-order valence-corrected chi connectivity index (χ2v) is 7.18. The van der Waals surface area contributed by atoms with Crippen molar-refractivity contribution in [3.63, 3.8) is 0 Å². The molecule has 1 aliphatic heterocycles. The van der Waals surface area contributed by atoms with Crippen LogP contribution in [0.5, 0.6) is 0 Å². The Kier molecular flexibility index (Phi) is 7.67. The Morgan fingerprint density at radius 1 is 1.30 bits per heavy atom. The lowest BCUT2D eigenvalue weighted by molar-refractivity contribution is -0.205. The fraction of sp³-hybridized carbons (Fsp3) is 0.909. The summed E-state index contributed by atoms with van der Waals surface area (Å²) in [4.78, 5) is 0. The Morgan fingerprint density at radius 3 is 2.39 bits per heavy atom. The zero-order chi connectivity index (χ0) is 17.8. The van der Waals surface area contributed by atoms with Crippen LogP contribution < -0.4 is 0 Å². The number of ether oxygens (including phenoxy) is 1. The summed E-state index contributed by atoms with van der Waals surface area (Å²) in [5.41, 5.74) is -1.12. The number of aliphatic hydroxyl groups is 4.